The molecular formula is C24H33BrN2O4. The minimum atomic E-state index is -0.516. The number of imide groups is 1. The number of amides is 3. The molecule has 2 rings (SSSR count). The van der Waals surface area contributed by atoms with Gasteiger partial charge in [-0.15, -0.1) is 0 Å². The van der Waals surface area contributed by atoms with E-state index in [-0.39, 0.29) is 5.78 Å². The van der Waals surface area contributed by atoms with Gasteiger partial charge in [0.05, 0.1) is 7.11 Å². The molecule has 0 aliphatic carbocycles. The van der Waals surface area contributed by atoms with Gasteiger partial charge in [-0.3, -0.25) is 14.9 Å². The second-order valence-electron chi connectivity index (χ2n) is 6.72. The van der Waals surface area contributed by atoms with E-state index in [4.69, 9.17) is 4.74 Å². The first kappa shape index (κ1) is 28.3. The molecule has 0 unspecified atom stereocenters. The lowest BCUT2D eigenvalue weighted by atomic mass is 9.96. The molecule has 0 saturated heterocycles. The maximum Gasteiger partial charge on any atom is 0.321 e. The number of carbonyl (C=O) groups is 3. The number of halogens is 1. The topological polar surface area (TPSA) is 84.5 Å². The number of carbonyl (C=O) groups excluding carboxylic acids is 3. The standard InChI is InChI=1S/C13H18O2.C9H9BrN2O2.C2H6/c1-9(2)7-11-5-6-12(15-4)8-13(11)10(3)14;1-11-9(14)12-8(13)6-2-4-7(10)5-3-6;1-2/h5-6,8-9H,7H2,1-4H3;2-5H,1H3,(H2,11,12,13,14);1-2H3. The molecule has 3 amide bonds. The molecule has 7 heteroatoms. The number of Topliss-reactive ketones (excluding diaryl/α,β-unsaturated/α-hetero) is 1. The van der Waals surface area contributed by atoms with E-state index in [0.29, 0.717) is 11.5 Å². The monoisotopic (exact) mass is 492 g/mol. The zero-order chi connectivity index (χ0) is 24.0. The number of urea groups is 1. The van der Waals surface area contributed by atoms with Crippen LogP contribution in [0.3, 0.4) is 0 Å². The molecule has 0 saturated carbocycles. The van der Waals surface area contributed by atoms with Crippen LogP contribution in [0.2, 0.25) is 0 Å². The Morgan fingerprint density at radius 1 is 1.03 bits per heavy atom. The Morgan fingerprint density at radius 3 is 2.06 bits per heavy atom. The molecular weight excluding hydrogens is 460 g/mol. The predicted molar refractivity (Wildman–Crippen MR) is 129 cm³/mol. The van der Waals surface area contributed by atoms with Gasteiger partial charge in [0.2, 0.25) is 0 Å². The normalized spacial score (nSPS) is 9.45. The van der Waals surface area contributed by atoms with Gasteiger partial charge in [-0.2, -0.15) is 0 Å². The summed E-state index contributed by atoms with van der Waals surface area (Å²) in [5.41, 5.74) is 2.33. The molecule has 2 aromatic carbocycles. The minimum absolute atomic E-state index is 0.101. The Bertz CT molecular complexity index is 849. The van der Waals surface area contributed by atoms with Crippen molar-refractivity contribution in [2.24, 2.45) is 5.92 Å². The number of rotatable bonds is 5. The lowest BCUT2D eigenvalue weighted by molar-refractivity contribution is 0.0962. The molecule has 170 valence electrons. The molecule has 0 atom stereocenters. The summed E-state index contributed by atoms with van der Waals surface area (Å²) in [6, 6.07) is 11.9. The second-order valence-corrected chi connectivity index (χ2v) is 7.63. The number of nitrogens with one attached hydrogen (secondary N) is 2. The third kappa shape index (κ3) is 10.8. The first-order valence-electron chi connectivity index (χ1n) is 10.1. The van der Waals surface area contributed by atoms with Gasteiger partial charge in [0.15, 0.2) is 5.78 Å². The Labute approximate surface area is 193 Å². The lowest BCUT2D eigenvalue weighted by Crippen LogP contribution is -2.37. The van der Waals surface area contributed by atoms with Crippen LogP contribution in [-0.2, 0) is 6.42 Å². The van der Waals surface area contributed by atoms with Crippen molar-refractivity contribution in [3.8, 4) is 5.75 Å². The van der Waals surface area contributed by atoms with Gasteiger partial charge in [0, 0.05) is 22.6 Å². The van der Waals surface area contributed by atoms with Crippen molar-refractivity contribution in [2.45, 2.75) is 41.0 Å². The van der Waals surface area contributed by atoms with Crippen molar-refractivity contribution >= 4 is 33.7 Å². The second kappa shape index (κ2) is 15.2. The Kier molecular flexibility index (Phi) is 13.9. The molecule has 0 aliphatic heterocycles. The van der Waals surface area contributed by atoms with Gasteiger partial charge in [0.25, 0.3) is 5.91 Å². The third-order valence-corrected chi connectivity index (χ3v) is 4.41. The number of benzene rings is 2. The van der Waals surface area contributed by atoms with E-state index in [9.17, 15) is 14.4 Å². The molecule has 31 heavy (non-hydrogen) atoms. The first-order chi connectivity index (χ1) is 14.7. The Morgan fingerprint density at radius 2 is 1.61 bits per heavy atom. The van der Waals surface area contributed by atoms with E-state index in [1.165, 1.54) is 7.05 Å². The van der Waals surface area contributed by atoms with Gasteiger partial charge in [-0.25, -0.2) is 4.79 Å². The summed E-state index contributed by atoms with van der Waals surface area (Å²) in [6.45, 7) is 9.89. The largest absolute Gasteiger partial charge is 0.497 e. The third-order valence-electron chi connectivity index (χ3n) is 3.89. The SMILES string of the molecule is CC.CNC(=O)NC(=O)c1ccc(Br)cc1.COc1ccc(CC(C)C)c(C(C)=O)c1. The van der Waals surface area contributed by atoms with Crippen LogP contribution in [0.15, 0.2) is 46.9 Å². The number of ether oxygens (including phenoxy) is 1. The summed E-state index contributed by atoms with van der Waals surface area (Å²) >= 11 is 3.25. The quantitative estimate of drug-likeness (QED) is 0.528. The van der Waals surface area contributed by atoms with Crippen molar-refractivity contribution in [3.05, 3.63) is 63.6 Å². The minimum Gasteiger partial charge on any atom is -0.497 e. The zero-order valence-electron chi connectivity index (χ0n) is 19.3. The molecule has 6 nitrogen and oxygen atoms in total. The van der Waals surface area contributed by atoms with Gasteiger partial charge in [0.1, 0.15) is 5.75 Å². The first-order valence-corrected chi connectivity index (χ1v) is 10.9. The number of hydrogen-bond acceptors (Lipinski definition) is 4. The number of methoxy groups -OCH3 is 1. The average Bonchev–Trinajstić information content (AvgIpc) is 2.75. The fraction of sp³-hybridized carbons (Fsp3) is 0.375. The van der Waals surface area contributed by atoms with Gasteiger partial charge < -0.3 is 10.1 Å². The summed E-state index contributed by atoms with van der Waals surface area (Å²) < 4.78 is 6.00. The average molecular weight is 493 g/mol. The highest BCUT2D eigenvalue weighted by molar-refractivity contribution is 9.10. The van der Waals surface area contributed by atoms with Crippen molar-refractivity contribution in [1.29, 1.82) is 0 Å². The van der Waals surface area contributed by atoms with E-state index in [1.807, 2.05) is 32.0 Å². The van der Waals surface area contributed by atoms with Gasteiger partial charge in [-0.1, -0.05) is 49.7 Å². The van der Waals surface area contributed by atoms with Crippen LogP contribution in [0.5, 0.6) is 5.75 Å². The van der Waals surface area contributed by atoms with E-state index < -0.39 is 11.9 Å². The molecule has 0 aromatic heterocycles. The smallest absolute Gasteiger partial charge is 0.321 e. The van der Waals surface area contributed by atoms with Crippen LogP contribution in [0.4, 0.5) is 4.79 Å². The van der Waals surface area contributed by atoms with E-state index in [2.05, 4.69) is 40.4 Å². The van der Waals surface area contributed by atoms with Crippen molar-refractivity contribution in [1.82, 2.24) is 10.6 Å². The molecule has 0 spiro atoms. The van der Waals surface area contributed by atoms with Gasteiger partial charge in [-0.05, 0) is 61.2 Å². The van der Waals surface area contributed by atoms with E-state index >= 15 is 0 Å². The van der Waals surface area contributed by atoms with Gasteiger partial charge >= 0.3 is 6.03 Å². The van der Waals surface area contributed by atoms with Crippen molar-refractivity contribution < 1.29 is 19.1 Å². The highest BCUT2D eigenvalue weighted by Crippen LogP contribution is 2.20. The lowest BCUT2D eigenvalue weighted by Gasteiger charge is -2.11. The molecule has 0 radical (unpaired) electrons. The summed E-state index contributed by atoms with van der Waals surface area (Å²) in [7, 11) is 3.06. The van der Waals surface area contributed by atoms with Crippen molar-refractivity contribution in [2.75, 3.05) is 14.2 Å². The predicted octanol–water partition coefficient (Wildman–Crippen LogP) is 5.64. The van der Waals surface area contributed by atoms with Crippen LogP contribution < -0.4 is 15.4 Å². The molecule has 0 bridgehead atoms. The summed E-state index contributed by atoms with van der Waals surface area (Å²) in [4.78, 5) is 33.6. The summed E-state index contributed by atoms with van der Waals surface area (Å²) in [6.07, 6.45) is 0.929. The molecule has 0 aliphatic rings. The maximum absolute atomic E-state index is 11.5. The molecule has 0 fully saturated rings. The summed E-state index contributed by atoms with van der Waals surface area (Å²) in [5.74, 6) is 0.977. The molecule has 2 aromatic rings. The molecule has 2 N–H and O–H groups in total. The fourth-order valence-electron chi connectivity index (χ4n) is 2.47. The molecule has 0 heterocycles. The highest BCUT2D eigenvalue weighted by Gasteiger charge is 2.10. The van der Waals surface area contributed by atoms with Crippen molar-refractivity contribution in [3.63, 3.8) is 0 Å². The fourth-order valence-corrected chi connectivity index (χ4v) is 2.73. The number of ketones is 1. The summed E-state index contributed by atoms with van der Waals surface area (Å²) in [5, 5.41) is 4.46. The van der Waals surface area contributed by atoms with Crippen LogP contribution in [0.25, 0.3) is 0 Å². The van der Waals surface area contributed by atoms with Crippen LogP contribution in [0, 0.1) is 5.92 Å². The van der Waals surface area contributed by atoms with Crippen LogP contribution >= 0.6 is 15.9 Å². The zero-order valence-corrected chi connectivity index (χ0v) is 20.9. The van der Waals surface area contributed by atoms with Crippen LogP contribution in [0.1, 0.15) is 60.9 Å². The highest BCUT2D eigenvalue weighted by atomic mass is 79.9. The maximum atomic E-state index is 11.5. The van der Waals surface area contributed by atoms with E-state index in [0.717, 1.165) is 27.8 Å². The van der Waals surface area contributed by atoms with Crippen LogP contribution in [-0.4, -0.2) is 31.9 Å². The van der Waals surface area contributed by atoms with E-state index in [1.54, 1.807) is 38.3 Å². The Hall–Kier alpha value is -2.67. The Balaban J connectivity index is 0.000000539. The number of hydrogen-bond donors (Lipinski definition) is 2.